The number of carbonyl (C=O) groups excluding carboxylic acids is 3. The van der Waals surface area contributed by atoms with E-state index in [1.165, 1.54) is 5.56 Å². The Bertz CT molecular complexity index is 1050. The zero-order valence-corrected chi connectivity index (χ0v) is 20.9. The number of benzene rings is 2. The lowest BCUT2D eigenvalue weighted by atomic mass is 9.88. The van der Waals surface area contributed by atoms with Gasteiger partial charge < -0.3 is 15.5 Å². The molecule has 0 radical (unpaired) electrons. The molecule has 0 aromatic heterocycles. The fourth-order valence-electron chi connectivity index (χ4n) is 5.29. The lowest BCUT2D eigenvalue weighted by Crippen LogP contribution is -2.55. The zero-order valence-electron chi connectivity index (χ0n) is 20.9. The Morgan fingerprint density at radius 1 is 0.886 bits per heavy atom. The minimum absolute atomic E-state index is 0.00816. The Kier molecular flexibility index (Phi) is 8.21. The number of amides is 3. The van der Waals surface area contributed by atoms with Crippen molar-refractivity contribution in [3.05, 3.63) is 70.8 Å². The first-order chi connectivity index (χ1) is 17.0. The first-order valence-corrected chi connectivity index (χ1v) is 13.0. The molecule has 0 bridgehead atoms. The maximum Gasteiger partial charge on any atom is 0.253 e. The molecular weight excluding hydrogens is 438 g/mol. The SMILES string of the molecule is CCc1ccc(C(=O)N2CCC[C@H](C(=O)N[C@@H]3CCCC[C@H]3NC(=O)c3ccccc3C)C2)cc1. The van der Waals surface area contributed by atoms with Crippen LogP contribution in [0.5, 0.6) is 0 Å². The van der Waals surface area contributed by atoms with Crippen molar-refractivity contribution in [2.45, 2.75) is 70.9 Å². The van der Waals surface area contributed by atoms with E-state index >= 15 is 0 Å². The molecule has 3 atom stereocenters. The third kappa shape index (κ3) is 6.11. The Labute approximate surface area is 208 Å². The van der Waals surface area contributed by atoms with Gasteiger partial charge >= 0.3 is 0 Å². The number of hydrogen-bond acceptors (Lipinski definition) is 3. The molecule has 1 aliphatic carbocycles. The maximum atomic E-state index is 13.2. The van der Waals surface area contributed by atoms with E-state index in [-0.39, 0.29) is 35.7 Å². The second-order valence-electron chi connectivity index (χ2n) is 9.94. The van der Waals surface area contributed by atoms with Crippen molar-refractivity contribution < 1.29 is 14.4 Å². The highest BCUT2D eigenvalue weighted by Gasteiger charge is 2.33. The van der Waals surface area contributed by atoms with E-state index in [1.54, 1.807) is 0 Å². The summed E-state index contributed by atoms with van der Waals surface area (Å²) < 4.78 is 0. The third-order valence-corrected chi connectivity index (χ3v) is 7.49. The van der Waals surface area contributed by atoms with Crippen LogP contribution in [0.15, 0.2) is 48.5 Å². The summed E-state index contributed by atoms with van der Waals surface area (Å²) in [7, 11) is 0. The second-order valence-corrected chi connectivity index (χ2v) is 9.94. The molecule has 35 heavy (non-hydrogen) atoms. The van der Waals surface area contributed by atoms with Crippen LogP contribution < -0.4 is 10.6 Å². The second kappa shape index (κ2) is 11.5. The average Bonchev–Trinajstić information content (AvgIpc) is 2.89. The van der Waals surface area contributed by atoms with Crippen LogP contribution in [0.2, 0.25) is 0 Å². The van der Waals surface area contributed by atoms with Crippen molar-refractivity contribution in [3.63, 3.8) is 0 Å². The van der Waals surface area contributed by atoms with Crippen molar-refractivity contribution in [3.8, 4) is 0 Å². The molecule has 1 saturated heterocycles. The van der Waals surface area contributed by atoms with E-state index < -0.39 is 0 Å². The highest BCUT2D eigenvalue weighted by Crippen LogP contribution is 2.23. The number of nitrogens with one attached hydrogen (secondary N) is 2. The molecule has 2 aromatic carbocycles. The summed E-state index contributed by atoms with van der Waals surface area (Å²) in [6, 6.07) is 15.2. The summed E-state index contributed by atoms with van der Waals surface area (Å²) in [4.78, 5) is 41.0. The molecule has 4 rings (SSSR count). The predicted molar refractivity (Wildman–Crippen MR) is 137 cm³/mol. The van der Waals surface area contributed by atoms with Gasteiger partial charge in [0.1, 0.15) is 0 Å². The van der Waals surface area contributed by atoms with Gasteiger partial charge in [-0.25, -0.2) is 0 Å². The van der Waals surface area contributed by atoms with E-state index in [2.05, 4.69) is 17.6 Å². The zero-order chi connectivity index (χ0) is 24.8. The van der Waals surface area contributed by atoms with Crippen LogP contribution in [0, 0.1) is 12.8 Å². The Morgan fingerprint density at radius 2 is 1.57 bits per heavy atom. The van der Waals surface area contributed by atoms with E-state index in [4.69, 9.17) is 0 Å². The third-order valence-electron chi connectivity index (χ3n) is 7.49. The molecule has 1 saturated carbocycles. The minimum Gasteiger partial charge on any atom is -0.351 e. The van der Waals surface area contributed by atoms with E-state index in [0.717, 1.165) is 50.5 Å². The van der Waals surface area contributed by atoms with Crippen molar-refractivity contribution in [2.24, 2.45) is 5.92 Å². The van der Waals surface area contributed by atoms with Gasteiger partial charge in [0, 0.05) is 36.3 Å². The lowest BCUT2D eigenvalue weighted by molar-refractivity contribution is -0.127. The van der Waals surface area contributed by atoms with Crippen LogP contribution in [0.3, 0.4) is 0 Å². The Morgan fingerprint density at radius 3 is 2.26 bits per heavy atom. The van der Waals surface area contributed by atoms with Gasteiger partial charge in [-0.15, -0.1) is 0 Å². The van der Waals surface area contributed by atoms with Gasteiger partial charge in [0.2, 0.25) is 5.91 Å². The molecule has 3 amide bonds. The number of carbonyl (C=O) groups is 3. The molecule has 2 aromatic rings. The van der Waals surface area contributed by atoms with E-state index in [0.29, 0.717) is 24.2 Å². The molecule has 2 aliphatic rings. The number of likely N-dealkylation sites (tertiary alicyclic amines) is 1. The molecule has 1 heterocycles. The molecule has 2 N–H and O–H groups in total. The largest absolute Gasteiger partial charge is 0.351 e. The van der Waals surface area contributed by atoms with Crippen molar-refractivity contribution in [2.75, 3.05) is 13.1 Å². The number of hydrogen-bond donors (Lipinski definition) is 2. The summed E-state index contributed by atoms with van der Waals surface area (Å²) in [5.41, 5.74) is 3.50. The monoisotopic (exact) mass is 475 g/mol. The maximum absolute atomic E-state index is 13.2. The molecule has 6 heteroatoms. The number of nitrogens with zero attached hydrogens (tertiary/aromatic N) is 1. The lowest BCUT2D eigenvalue weighted by Gasteiger charge is -2.36. The standard InChI is InChI=1S/C29H37N3O3/c1-3-21-14-16-22(17-15-21)29(35)32-18-8-10-23(19-32)27(33)30-25-12-6-7-13-26(25)31-28(34)24-11-5-4-9-20(24)2/h4-5,9,11,14-17,23,25-26H,3,6-8,10,12-13,18-19H2,1-2H3,(H,30,33)(H,31,34)/t23-,25+,26+/m0/s1. The smallest absolute Gasteiger partial charge is 0.253 e. The number of aryl methyl sites for hydroxylation is 2. The molecule has 186 valence electrons. The van der Waals surface area contributed by atoms with Gasteiger partial charge in [-0.2, -0.15) is 0 Å². The van der Waals surface area contributed by atoms with Crippen LogP contribution >= 0.6 is 0 Å². The summed E-state index contributed by atoms with van der Waals surface area (Å²) in [6.07, 6.45) is 6.30. The molecule has 2 fully saturated rings. The average molecular weight is 476 g/mol. The van der Waals surface area contributed by atoms with Crippen LogP contribution in [-0.4, -0.2) is 47.8 Å². The summed E-state index contributed by atoms with van der Waals surface area (Å²) in [5, 5.41) is 6.41. The van der Waals surface area contributed by atoms with Gasteiger partial charge in [-0.1, -0.05) is 50.1 Å². The molecule has 1 aliphatic heterocycles. The highest BCUT2D eigenvalue weighted by molar-refractivity contribution is 5.96. The molecule has 6 nitrogen and oxygen atoms in total. The minimum atomic E-state index is -0.225. The molecule has 0 unspecified atom stereocenters. The Hall–Kier alpha value is -3.15. The van der Waals surface area contributed by atoms with Gasteiger partial charge in [0.15, 0.2) is 0 Å². The van der Waals surface area contributed by atoms with Crippen molar-refractivity contribution in [1.29, 1.82) is 0 Å². The first-order valence-electron chi connectivity index (χ1n) is 13.0. The van der Waals surface area contributed by atoms with Gasteiger partial charge in [-0.3, -0.25) is 14.4 Å². The number of rotatable bonds is 6. The topological polar surface area (TPSA) is 78.5 Å². The van der Waals surface area contributed by atoms with Crippen molar-refractivity contribution in [1.82, 2.24) is 15.5 Å². The van der Waals surface area contributed by atoms with Crippen LogP contribution in [-0.2, 0) is 11.2 Å². The highest BCUT2D eigenvalue weighted by atomic mass is 16.2. The summed E-state index contributed by atoms with van der Waals surface area (Å²) in [6.45, 7) is 5.14. The van der Waals surface area contributed by atoms with Crippen LogP contribution in [0.25, 0.3) is 0 Å². The first kappa shape index (κ1) is 25.0. The number of piperidine rings is 1. The van der Waals surface area contributed by atoms with Gasteiger partial charge in [0.05, 0.1) is 5.92 Å². The summed E-state index contributed by atoms with van der Waals surface area (Å²) >= 11 is 0. The fourth-order valence-corrected chi connectivity index (χ4v) is 5.29. The van der Waals surface area contributed by atoms with Crippen LogP contribution in [0.1, 0.15) is 77.3 Å². The predicted octanol–water partition coefficient (Wildman–Crippen LogP) is 4.27. The van der Waals surface area contributed by atoms with E-state index in [1.807, 2.05) is 60.4 Å². The molecular formula is C29H37N3O3. The summed E-state index contributed by atoms with van der Waals surface area (Å²) in [5.74, 6) is -0.327. The normalized spacial score (nSPS) is 22.3. The molecule has 0 spiro atoms. The quantitative estimate of drug-likeness (QED) is 0.655. The van der Waals surface area contributed by atoms with E-state index in [9.17, 15) is 14.4 Å². The van der Waals surface area contributed by atoms with Gasteiger partial charge in [0.25, 0.3) is 11.8 Å². The Balaban J connectivity index is 1.36. The van der Waals surface area contributed by atoms with Crippen molar-refractivity contribution >= 4 is 17.7 Å². The van der Waals surface area contributed by atoms with Gasteiger partial charge in [-0.05, 0) is 68.4 Å². The fraction of sp³-hybridized carbons (Fsp3) is 0.483. The van der Waals surface area contributed by atoms with Crippen LogP contribution in [0.4, 0.5) is 0 Å².